The van der Waals surface area contributed by atoms with Gasteiger partial charge in [-0.05, 0) is 49.4 Å². The van der Waals surface area contributed by atoms with Crippen molar-refractivity contribution >= 4 is 15.9 Å². The van der Waals surface area contributed by atoms with Crippen LogP contribution in [0.25, 0.3) is 0 Å². The van der Waals surface area contributed by atoms with Crippen LogP contribution >= 0.6 is 15.9 Å². The van der Waals surface area contributed by atoms with Crippen LogP contribution in [0.5, 0.6) is 0 Å². The highest BCUT2D eigenvalue weighted by Gasteiger charge is 2.08. The maximum absolute atomic E-state index is 5.69. The Labute approximate surface area is 129 Å². The van der Waals surface area contributed by atoms with Crippen LogP contribution in [0.1, 0.15) is 23.1 Å². The van der Waals surface area contributed by atoms with E-state index in [4.69, 9.17) is 5.84 Å². The summed E-state index contributed by atoms with van der Waals surface area (Å²) >= 11 is 3.46. The first-order valence-corrected chi connectivity index (χ1v) is 7.73. The summed E-state index contributed by atoms with van der Waals surface area (Å²) in [6, 6.07) is 17.4. The van der Waals surface area contributed by atoms with Gasteiger partial charge in [0.15, 0.2) is 0 Å². The highest BCUT2D eigenvalue weighted by Crippen LogP contribution is 2.14. The molecule has 0 aliphatic carbocycles. The number of benzene rings is 2. The van der Waals surface area contributed by atoms with Crippen molar-refractivity contribution in [1.82, 2.24) is 5.43 Å². The monoisotopic (exact) mass is 332 g/mol. The van der Waals surface area contributed by atoms with Crippen molar-refractivity contribution in [1.29, 1.82) is 0 Å². The fourth-order valence-electron chi connectivity index (χ4n) is 2.36. The molecule has 1 atom stereocenters. The minimum absolute atomic E-state index is 0.302. The maximum atomic E-state index is 5.69. The van der Waals surface area contributed by atoms with E-state index in [0.717, 1.165) is 23.7 Å². The van der Waals surface area contributed by atoms with Crippen LogP contribution in [0, 0.1) is 6.92 Å². The molecule has 3 N–H and O–H groups in total. The first-order chi connectivity index (χ1) is 9.67. The third kappa shape index (κ3) is 4.75. The van der Waals surface area contributed by atoms with Gasteiger partial charge in [-0.15, -0.1) is 0 Å². The summed E-state index contributed by atoms with van der Waals surface area (Å²) in [5.41, 5.74) is 6.93. The van der Waals surface area contributed by atoms with Crippen LogP contribution in [0.4, 0.5) is 0 Å². The summed E-state index contributed by atoms with van der Waals surface area (Å²) in [7, 11) is 0. The van der Waals surface area contributed by atoms with E-state index >= 15 is 0 Å². The van der Waals surface area contributed by atoms with Crippen molar-refractivity contribution in [2.75, 3.05) is 0 Å². The van der Waals surface area contributed by atoms with E-state index in [0.29, 0.717) is 6.04 Å². The Kier molecular flexibility index (Phi) is 5.77. The minimum atomic E-state index is 0.302. The van der Waals surface area contributed by atoms with Gasteiger partial charge in [-0.3, -0.25) is 11.3 Å². The number of aryl methyl sites for hydroxylation is 2. The molecule has 3 heteroatoms. The van der Waals surface area contributed by atoms with Crippen LogP contribution < -0.4 is 11.3 Å². The summed E-state index contributed by atoms with van der Waals surface area (Å²) in [6.45, 7) is 2.13. The Bertz CT molecular complexity index is 537. The highest BCUT2D eigenvalue weighted by molar-refractivity contribution is 9.10. The molecule has 0 saturated carbocycles. The van der Waals surface area contributed by atoms with Crippen LogP contribution in [-0.2, 0) is 12.8 Å². The second kappa shape index (κ2) is 7.58. The van der Waals surface area contributed by atoms with Crippen molar-refractivity contribution in [3.63, 3.8) is 0 Å². The fraction of sp³-hybridized carbons (Fsp3) is 0.294. The summed E-state index contributed by atoms with van der Waals surface area (Å²) in [4.78, 5) is 0. The van der Waals surface area contributed by atoms with Gasteiger partial charge in [0, 0.05) is 10.5 Å². The number of nitrogens with two attached hydrogens (primary N) is 1. The van der Waals surface area contributed by atoms with E-state index in [-0.39, 0.29) is 0 Å². The zero-order valence-corrected chi connectivity index (χ0v) is 13.4. The molecule has 2 aromatic carbocycles. The maximum Gasteiger partial charge on any atom is 0.0254 e. The number of hydrogen-bond acceptors (Lipinski definition) is 2. The van der Waals surface area contributed by atoms with Gasteiger partial charge in [-0.25, -0.2) is 0 Å². The van der Waals surface area contributed by atoms with Gasteiger partial charge >= 0.3 is 0 Å². The Hall–Kier alpha value is -1.16. The fourth-order valence-corrected chi connectivity index (χ4v) is 2.62. The molecule has 0 aliphatic heterocycles. The molecule has 106 valence electrons. The van der Waals surface area contributed by atoms with Crippen LogP contribution in [0.2, 0.25) is 0 Å². The molecule has 2 rings (SSSR count). The number of nitrogens with one attached hydrogen (secondary N) is 1. The van der Waals surface area contributed by atoms with Crippen molar-refractivity contribution in [2.24, 2.45) is 5.84 Å². The van der Waals surface area contributed by atoms with Gasteiger partial charge in [0.05, 0.1) is 0 Å². The third-order valence-corrected chi connectivity index (χ3v) is 4.02. The van der Waals surface area contributed by atoms with Crippen molar-refractivity contribution < 1.29 is 0 Å². The molecule has 0 bridgehead atoms. The predicted octanol–water partition coefficient (Wildman–Crippen LogP) is 3.76. The number of hydrazine groups is 1. The topological polar surface area (TPSA) is 38.0 Å². The standard InChI is InChI=1S/C17H21BrN2/c1-13-3-2-4-14(11-13)7-10-17(20-19)12-15-5-8-16(18)9-6-15/h2-6,8-9,11,17,20H,7,10,12,19H2,1H3. The molecule has 20 heavy (non-hydrogen) atoms. The molecule has 0 aromatic heterocycles. The smallest absolute Gasteiger partial charge is 0.0254 e. The van der Waals surface area contributed by atoms with Gasteiger partial charge in [-0.1, -0.05) is 57.9 Å². The lowest BCUT2D eigenvalue weighted by Crippen LogP contribution is -2.37. The van der Waals surface area contributed by atoms with E-state index in [1.165, 1.54) is 16.7 Å². The summed E-state index contributed by atoms with van der Waals surface area (Å²) in [5, 5.41) is 0. The average Bonchev–Trinajstić information content (AvgIpc) is 2.45. The molecule has 2 aromatic rings. The lowest BCUT2D eigenvalue weighted by molar-refractivity contribution is 0.491. The zero-order chi connectivity index (χ0) is 14.4. The Morgan fingerprint density at radius 1 is 1.10 bits per heavy atom. The molecule has 1 unspecified atom stereocenters. The zero-order valence-electron chi connectivity index (χ0n) is 11.8. The molecule has 0 aliphatic rings. The van der Waals surface area contributed by atoms with Crippen molar-refractivity contribution in [3.05, 3.63) is 69.7 Å². The van der Waals surface area contributed by atoms with E-state index in [2.05, 4.69) is 76.8 Å². The SMILES string of the molecule is Cc1cccc(CCC(Cc2ccc(Br)cc2)NN)c1. The van der Waals surface area contributed by atoms with Crippen molar-refractivity contribution in [3.8, 4) is 0 Å². The summed E-state index contributed by atoms with van der Waals surface area (Å²) < 4.78 is 1.11. The Morgan fingerprint density at radius 3 is 2.50 bits per heavy atom. The highest BCUT2D eigenvalue weighted by atomic mass is 79.9. The first-order valence-electron chi connectivity index (χ1n) is 6.93. The van der Waals surface area contributed by atoms with Gasteiger partial charge < -0.3 is 0 Å². The van der Waals surface area contributed by atoms with Gasteiger partial charge in [-0.2, -0.15) is 0 Å². The quantitative estimate of drug-likeness (QED) is 0.624. The molecule has 0 radical (unpaired) electrons. The Morgan fingerprint density at radius 2 is 1.85 bits per heavy atom. The number of hydrogen-bond donors (Lipinski definition) is 2. The Balaban J connectivity index is 1.90. The first kappa shape index (κ1) is 15.2. The van der Waals surface area contributed by atoms with E-state index in [1.807, 2.05) is 0 Å². The van der Waals surface area contributed by atoms with E-state index in [1.54, 1.807) is 0 Å². The summed E-state index contributed by atoms with van der Waals surface area (Å²) in [5.74, 6) is 5.69. The van der Waals surface area contributed by atoms with Crippen LogP contribution in [0.3, 0.4) is 0 Å². The predicted molar refractivity (Wildman–Crippen MR) is 88.5 cm³/mol. The number of rotatable bonds is 6. The largest absolute Gasteiger partial charge is 0.271 e. The number of halogens is 1. The second-order valence-corrected chi connectivity index (χ2v) is 6.14. The van der Waals surface area contributed by atoms with E-state index < -0.39 is 0 Å². The average molecular weight is 333 g/mol. The molecular formula is C17H21BrN2. The molecule has 0 spiro atoms. The molecule has 0 fully saturated rings. The minimum Gasteiger partial charge on any atom is -0.271 e. The molecular weight excluding hydrogens is 312 g/mol. The molecule has 2 nitrogen and oxygen atoms in total. The normalized spacial score (nSPS) is 12.3. The molecule has 0 saturated heterocycles. The summed E-state index contributed by atoms with van der Waals surface area (Å²) in [6.07, 6.45) is 3.04. The van der Waals surface area contributed by atoms with Gasteiger partial charge in [0.2, 0.25) is 0 Å². The lowest BCUT2D eigenvalue weighted by Gasteiger charge is -2.16. The van der Waals surface area contributed by atoms with Gasteiger partial charge in [0.1, 0.15) is 0 Å². The van der Waals surface area contributed by atoms with Crippen LogP contribution in [0.15, 0.2) is 53.0 Å². The molecule has 0 amide bonds. The van der Waals surface area contributed by atoms with E-state index in [9.17, 15) is 0 Å². The lowest BCUT2D eigenvalue weighted by atomic mass is 9.99. The van der Waals surface area contributed by atoms with Crippen molar-refractivity contribution in [2.45, 2.75) is 32.2 Å². The van der Waals surface area contributed by atoms with Gasteiger partial charge in [0.25, 0.3) is 0 Å². The molecule has 0 heterocycles. The second-order valence-electron chi connectivity index (χ2n) is 5.22. The van der Waals surface area contributed by atoms with Crippen LogP contribution in [-0.4, -0.2) is 6.04 Å². The third-order valence-electron chi connectivity index (χ3n) is 3.50.